The Bertz CT molecular complexity index is 795. The Labute approximate surface area is 146 Å². The van der Waals surface area contributed by atoms with Gasteiger partial charge in [0.25, 0.3) is 0 Å². The predicted octanol–water partition coefficient (Wildman–Crippen LogP) is 2.63. The van der Waals surface area contributed by atoms with Gasteiger partial charge in [0, 0.05) is 37.8 Å². The number of fused-ring (bicyclic) bond motifs is 1. The maximum Gasteiger partial charge on any atom is 0.155 e. The van der Waals surface area contributed by atoms with Crippen molar-refractivity contribution in [2.45, 2.75) is 25.4 Å². The molecule has 2 aromatic rings. The second kappa shape index (κ2) is 7.65. The summed E-state index contributed by atoms with van der Waals surface area (Å²) < 4.78 is 14.9. The maximum atomic E-state index is 14.9. The Kier molecular flexibility index (Phi) is 5.33. The van der Waals surface area contributed by atoms with Gasteiger partial charge in [0.1, 0.15) is 11.2 Å². The number of halogens is 1. The first-order valence-electron chi connectivity index (χ1n) is 8.49. The van der Waals surface area contributed by atoms with Gasteiger partial charge in [-0.2, -0.15) is 0 Å². The standard InChI is InChI=1S/C18H23FN6/c1-3-13(10-20-2)14-9-15-16(23-8-7-22-15)17(25-14)24-12-18(19)5-4-6-21-11-18/h3,7-10,21H,4-6,11-12H2,1-2H3,(H,24,25)/b13-3+,20-10?. The smallest absolute Gasteiger partial charge is 0.155 e. The molecule has 0 spiro atoms. The average molecular weight is 342 g/mol. The topological polar surface area (TPSA) is 75.1 Å². The third-order valence-electron chi connectivity index (χ3n) is 4.32. The van der Waals surface area contributed by atoms with Crippen LogP contribution >= 0.6 is 0 Å². The molecule has 0 bridgehead atoms. The van der Waals surface area contributed by atoms with E-state index in [2.05, 4.69) is 30.6 Å². The molecule has 25 heavy (non-hydrogen) atoms. The van der Waals surface area contributed by atoms with Crippen molar-refractivity contribution in [1.82, 2.24) is 20.3 Å². The average Bonchev–Trinajstić information content (AvgIpc) is 2.64. The minimum absolute atomic E-state index is 0.190. The van der Waals surface area contributed by atoms with E-state index in [9.17, 15) is 4.39 Å². The summed E-state index contributed by atoms with van der Waals surface area (Å²) in [5, 5.41) is 6.27. The molecule has 1 unspecified atom stereocenters. The predicted molar refractivity (Wildman–Crippen MR) is 99.8 cm³/mol. The van der Waals surface area contributed by atoms with Gasteiger partial charge in [-0.05, 0) is 32.4 Å². The summed E-state index contributed by atoms with van der Waals surface area (Å²) in [6.45, 7) is 3.34. The summed E-state index contributed by atoms with van der Waals surface area (Å²) in [4.78, 5) is 17.4. The lowest BCUT2D eigenvalue weighted by molar-refractivity contribution is 0.137. The number of allylic oxidation sites excluding steroid dienone is 2. The fraction of sp³-hybridized carbons (Fsp3) is 0.444. The minimum Gasteiger partial charge on any atom is -0.365 e. The number of anilines is 1. The number of alkyl halides is 1. The van der Waals surface area contributed by atoms with Crippen molar-refractivity contribution in [1.29, 1.82) is 0 Å². The fourth-order valence-electron chi connectivity index (χ4n) is 2.99. The van der Waals surface area contributed by atoms with Gasteiger partial charge < -0.3 is 10.6 Å². The van der Waals surface area contributed by atoms with Gasteiger partial charge in [0.15, 0.2) is 5.82 Å². The SMILES string of the molecule is C/C=C(\C=NC)c1cc2nccnc2c(NCC2(F)CCCNC2)n1. The quantitative estimate of drug-likeness (QED) is 0.817. The van der Waals surface area contributed by atoms with Gasteiger partial charge in [0.05, 0.1) is 17.8 Å². The number of hydrogen-bond donors (Lipinski definition) is 2. The van der Waals surface area contributed by atoms with Gasteiger partial charge >= 0.3 is 0 Å². The first-order chi connectivity index (χ1) is 12.1. The molecular weight excluding hydrogens is 319 g/mol. The van der Waals surface area contributed by atoms with E-state index in [4.69, 9.17) is 0 Å². The molecule has 2 N–H and O–H groups in total. The lowest BCUT2D eigenvalue weighted by atomic mass is 9.96. The summed E-state index contributed by atoms with van der Waals surface area (Å²) in [5.41, 5.74) is 1.69. The molecule has 0 amide bonds. The highest BCUT2D eigenvalue weighted by molar-refractivity contribution is 6.10. The van der Waals surface area contributed by atoms with Gasteiger partial charge in [0.2, 0.25) is 0 Å². The number of piperidine rings is 1. The van der Waals surface area contributed by atoms with Crippen LogP contribution in [0.1, 0.15) is 25.5 Å². The molecule has 7 heteroatoms. The molecule has 2 aromatic heterocycles. The van der Waals surface area contributed by atoms with Crippen LogP contribution in [0.15, 0.2) is 29.5 Å². The molecule has 6 nitrogen and oxygen atoms in total. The van der Waals surface area contributed by atoms with Crippen LogP contribution in [0.4, 0.5) is 10.2 Å². The summed E-state index contributed by atoms with van der Waals surface area (Å²) >= 11 is 0. The van der Waals surface area contributed by atoms with Crippen LogP contribution in [0.5, 0.6) is 0 Å². The van der Waals surface area contributed by atoms with E-state index >= 15 is 0 Å². The molecule has 3 heterocycles. The van der Waals surface area contributed by atoms with E-state index in [1.54, 1.807) is 25.7 Å². The van der Waals surface area contributed by atoms with Crippen LogP contribution in [-0.2, 0) is 0 Å². The zero-order valence-electron chi connectivity index (χ0n) is 14.6. The molecular formula is C18H23FN6. The number of aliphatic imine (C=N–C) groups is 1. The van der Waals surface area contributed by atoms with Crippen LogP contribution in [0.25, 0.3) is 16.6 Å². The van der Waals surface area contributed by atoms with E-state index in [-0.39, 0.29) is 6.54 Å². The van der Waals surface area contributed by atoms with Gasteiger partial charge in [-0.1, -0.05) is 6.08 Å². The van der Waals surface area contributed by atoms with Crippen LogP contribution in [0.2, 0.25) is 0 Å². The maximum absolute atomic E-state index is 14.9. The third-order valence-corrected chi connectivity index (χ3v) is 4.32. The van der Waals surface area contributed by atoms with E-state index in [0.717, 1.165) is 24.2 Å². The van der Waals surface area contributed by atoms with Gasteiger partial charge in [-0.3, -0.25) is 9.98 Å². The molecule has 1 atom stereocenters. The number of rotatable bonds is 5. The highest BCUT2D eigenvalue weighted by Crippen LogP contribution is 2.25. The molecule has 0 aromatic carbocycles. The van der Waals surface area contributed by atoms with Crippen LogP contribution < -0.4 is 10.6 Å². The van der Waals surface area contributed by atoms with Crippen LogP contribution in [-0.4, -0.2) is 53.5 Å². The first-order valence-corrected chi connectivity index (χ1v) is 8.49. The van der Waals surface area contributed by atoms with Crippen molar-refractivity contribution in [2.75, 3.05) is 32.0 Å². The Morgan fingerprint density at radius 3 is 3.00 bits per heavy atom. The number of hydrogen-bond acceptors (Lipinski definition) is 6. The molecule has 132 valence electrons. The molecule has 1 fully saturated rings. The number of pyridine rings is 1. The zero-order valence-corrected chi connectivity index (χ0v) is 14.6. The largest absolute Gasteiger partial charge is 0.365 e. The minimum atomic E-state index is -1.28. The lowest BCUT2D eigenvalue weighted by Gasteiger charge is -2.30. The second-order valence-corrected chi connectivity index (χ2v) is 6.20. The lowest BCUT2D eigenvalue weighted by Crippen LogP contribution is -2.46. The van der Waals surface area contributed by atoms with Gasteiger partial charge in [-0.25, -0.2) is 14.4 Å². The Morgan fingerprint density at radius 2 is 2.28 bits per heavy atom. The highest BCUT2D eigenvalue weighted by Gasteiger charge is 2.31. The number of nitrogens with zero attached hydrogens (tertiary/aromatic N) is 4. The second-order valence-electron chi connectivity index (χ2n) is 6.20. The van der Waals surface area contributed by atoms with E-state index in [1.165, 1.54) is 0 Å². The summed E-state index contributed by atoms with van der Waals surface area (Å²) in [6, 6.07) is 1.87. The number of nitrogens with one attached hydrogen (secondary N) is 2. The highest BCUT2D eigenvalue weighted by atomic mass is 19.1. The van der Waals surface area contributed by atoms with Crippen molar-refractivity contribution < 1.29 is 4.39 Å². The first kappa shape index (κ1) is 17.4. The van der Waals surface area contributed by atoms with E-state index < -0.39 is 5.67 Å². The van der Waals surface area contributed by atoms with Gasteiger partial charge in [-0.15, -0.1) is 0 Å². The monoisotopic (exact) mass is 342 g/mol. The zero-order chi connectivity index (χ0) is 17.7. The Hall–Kier alpha value is -2.41. The van der Waals surface area contributed by atoms with E-state index in [0.29, 0.717) is 29.8 Å². The van der Waals surface area contributed by atoms with E-state index in [1.807, 2.05) is 19.1 Å². The molecule has 1 saturated heterocycles. The molecule has 0 saturated carbocycles. The van der Waals surface area contributed by atoms with Crippen molar-refractivity contribution in [3.05, 3.63) is 30.2 Å². The molecule has 3 rings (SSSR count). The molecule has 0 aliphatic carbocycles. The molecule has 1 aliphatic rings. The Morgan fingerprint density at radius 1 is 1.44 bits per heavy atom. The third kappa shape index (κ3) is 3.99. The number of aromatic nitrogens is 3. The summed E-state index contributed by atoms with van der Waals surface area (Å²) in [5.74, 6) is 0.548. The van der Waals surface area contributed by atoms with Crippen molar-refractivity contribution in [3.63, 3.8) is 0 Å². The summed E-state index contributed by atoms with van der Waals surface area (Å²) in [7, 11) is 1.71. The Balaban J connectivity index is 1.95. The van der Waals surface area contributed by atoms with Crippen molar-refractivity contribution in [2.24, 2.45) is 4.99 Å². The molecule has 0 radical (unpaired) electrons. The van der Waals surface area contributed by atoms with Crippen molar-refractivity contribution in [3.8, 4) is 0 Å². The van der Waals surface area contributed by atoms with Crippen molar-refractivity contribution >= 4 is 28.6 Å². The van der Waals surface area contributed by atoms with Crippen LogP contribution in [0, 0.1) is 0 Å². The normalized spacial score (nSPS) is 21.8. The van der Waals surface area contributed by atoms with Crippen LogP contribution in [0.3, 0.4) is 0 Å². The molecule has 1 aliphatic heterocycles. The summed E-state index contributed by atoms with van der Waals surface area (Å²) in [6.07, 6.45) is 8.31. The fourth-order valence-corrected chi connectivity index (χ4v) is 2.99.